The van der Waals surface area contributed by atoms with Gasteiger partial charge in [0.05, 0.1) is 18.9 Å². The van der Waals surface area contributed by atoms with Crippen molar-refractivity contribution in [2.45, 2.75) is 19.1 Å². The van der Waals surface area contributed by atoms with Crippen LogP contribution in [0, 0.1) is 0 Å². The van der Waals surface area contributed by atoms with E-state index in [-0.39, 0.29) is 24.3 Å². The van der Waals surface area contributed by atoms with Gasteiger partial charge in [0, 0.05) is 22.0 Å². The topological polar surface area (TPSA) is 60.7 Å². The van der Waals surface area contributed by atoms with Gasteiger partial charge in [0.1, 0.15) is 18.1 Å². The van der Waals surface area contributed by atoms with Crippen LogP contribution in [0.2, 0.25) is 0 Å². The largest absolute Gasteiger partial charge is 0.493 e. The third-order valence-electron chi connectivity index (χ3n) is 4.41. The van der Waals surface area contributed by atoms with Gasteiger partial charge in [-0.1, -0.05) is 34.1 Å². The maximum Gasteiger partial charge on any atom is 0.287 e. The van der Waals surface area contributed by atoms with Gasteiger partial charge in [0.15, 0.2) is 5.76 Å². The molecule has 2 heterocycles. The molecule has 1 atom stereocenters. The Labute approximate surface area is 165 Å². The van der Waals surface area contributed by atoms with Crippen LogP contribution in [-0.2, 0) is 6.61 Å². The predicted octanol–water partition coefficient (Wildman–Crippen LogP) is 4.87. The quantitative estimate of drug-likeness (QED) is 0.630. The van der Waals surface area contributed by atoms with Crippen molar-refractivity contribution in [1.82, 2.24) is 5.32 Å². The summed E-state index contributed by atoms with van der Waals surface area (Å²) in [6, 6.07) is 16.9. The minimum absolute atomic E-state index is 0.133. The second-order valence-electron chi connectivity index (χ2n) is 6.22. The molecule has 27 heavy (non-hydrogen) atoms. The second kappa shape index (κ2) is 7.88. The molecule has 1 aliphatic rings. The summed E-state index contributed by atoms with van der Waals surface area (Å²) in [6.07, 6.45) is 2.21. The number of furan rings is 1. The van der Waals surface area contributed by atoms with E-state index in [1.54, 1.807) is 6.07 Å². The van der Waals surface area contributed by atoms with Crippen molar-refractivity contribution in [1.29, 1.82) is 0 Å². The van der Waals surface area contributed by atoms with Crippen molar-refractivity contribution in [2.75, 3.05) is 6.61 Å². The fraction of sp³-hybridized carbons (Fsp3) is 0.190. The van der Waals surface area contributed by atoms with Crippen molar-refractivity contribution < 1.29 is 18.7 Å². The number of amides is 1. The van der Waals surface area contributed by atoms with Gasteiger partial charge in [-0.2, -0.15) is 0 Å². The summed E-state index contributed by atoms with van der Waals surface area (Å²) in [7, 11) is 0. The number of ether oxygens (including phenoxy) is 2. The van der Waals surface area contributed by atoms with Crippen LogP contribution in [-0.4, -0.2) is 12.5 Å². The van der Waals surface area contributed by atoms with Crippen LogP contribution in [0.25, 0.3) is 0 Å². The number of carbonyl (C=O) groups is 1. The van der Waals surface area contributed by atoms with E-state index in [1.807, 2.05) is 48.5 Å². The highest BCUT2D eigenvalue weighted by atomic mass is 79.9. The maximum absolute atomic E-state index is 12.8. The molecular weight excluding hydrogens is 410 g/mol. The summed E-state index contributed by atoms with van der Waals surface area (Å²) in [5, 5.41) is 3.05. The van der Waals surface area contributed by atoms with Crippen molar-refractivity contribution >= 4 is 21.8 Å². The monoisotopic (exact) mass is 427 g/mol. The van der Waals surface area contributed by atoms with Gasteiger partial charge >= 0.3 is 0 Å². The molecule has 6 heteroatoms. The number of fused-ring (bicyclic) bond motifs is 1. The first kappa shape index (κ1) is 17.7. The van der Waals surface area contributed by atoms with Crippen molar-refractivity contribution in [2.24, 2.45) is 0 Å². The summed E-state index contributed by atoms with van der Waals surface area (Å²) in [4.78, 5) is 12.8. The van der Waals surface area contributed by atoms with Gasteiger partial charge in [0.25, 0.3) is 5.91 Å². The Hall–Kier alpha value is -2.73. The van der Waals surface area contributed by atoms with Crippen LogP contribution in [0.3, 0.4) is 0 Å². The number of rotatable bonds is 5. The maximum atomic E-state index is 12.8. The summed E-state index contributed by atoms with van der Waals surface area (Å²) in [5.74, 6) is 1.55. The van der Waals surface area contributed by atoms with E-state index >= 15 is 0 Å². The Morgan fingerprint density at radius 1 is 1.19 bits per heavy atom. The summed E-state index contributed by atoms with van der Waals surface area (Å²) in [6.45, 7) is 0.820. The third-order valence-corrected chi connectivity index (χ3v) is 4.90. The number of hydrogen-bond acceptors (Lipinski definition) is 4. The number of hydrogen-bond donors (Lipinski definition) is 1. The molecule has 1 unspecified atom stereocenters. The third kappa shape index (κ3) is 4.01. The number of benzene rings is 2. The minimum Gasteiger partial charge on any atom is -0.493 e. The first-order valence-corrected chi connectivity index (χ1v) is 9.47. The van der Waals surface area contributed by atoms with E-state index in [0.29, 0.717) is 18.6 Å². The molecule has 0 spiro atoms. The summed E-state index contributed by atoms with van der Waals surface area (Å²) < 4.78 is 17.8. The second-order valence-corrected chi connectivity index (χ2v) is 7.14. The Morgan fingerprint density at radius 3 is 2.89 bits per heavy atom. The summed E-state index contributed by atoms with van der Waals surface area (Å²) in [5.41, 5.74) is 1.66. The first-order chi connectivity index (χ1) is 13.2. The fourth-order valence-electron chi connectivity index (χ4n) is 3.07. The molecule has 1 aromatic heterocycles. The number of nitrogens with one attached hydrogen (secondary N) is 1. The lowest BCUT2D eigenvalue weighted by Crippen LogP contribution is -2.32. The molecular formula is C21H18BrNO4. The molecule has 2 aromatic carbocycles. The molecule has 4 rings (SSSR count). The van der Waals surface area contributed by atoms with Gasteiger partial charge < -0.3 is 19.2 Å². The van der Waals surface area contributed by atoms with Crippen LogP contribution in [0.5, 0.6) is 11.5 Å². The van der Waals surface area contributed by atoms with Gasteiger partial charge in [-0.25, -0.2) is 0 Å². The molecule has 3 aromatic rings. The lowest BCUT2D eigenvalue weighted by Gasteiger charge is -2.26. The zero-order valence-electron chi connectivity index (χ0n) is 14.5. The Bertz CT molecular complexity index is 938. The predicted molar refractivity (Wildman–Crippen MR) is 104 cm³/mol. The molecule has 0 fully saturated rings. The number of carbonyl (C=O) groups excluding carboxylic acids is 1. The number of para-hydroxylation sites is 1. The average Bonchev–Trinajstić information content (AvgIpc) is 3.16. The molecule has 1 aliphatic heterocycles. The Balaban J connectivity index is 1.47. The van der Waals surface area contributed by atoms with Crippen LogP contribution >= 0.6 is 15.9 Å². The van der Waals surface area contributed by atoms with Crippen LogP contribution < -0.4 is 14.8 Å². The van der Waals surface area contributed by atoms with E-state index in [2.05, 4.69) is 21.2 Å². The molecule has 0 saturated carbocycles. The van der Waals surface area contributed by atoms with Gasteiger partial charge in [-0.05, 0) is 36.4 Å². The van der Waals surface area contributed by atoms with Crippen molar-refractivity contribution in [3.63, 3.8) is 0 Å². The highest BCUT2D eigenvalue weighted by Gasteiger charge is 2.26. The van der Waals surface area contributed by atoms with Gasteiger partial charge in [-0.15, -0.1) is 0 Å². The average molecular weight is 428 g/mol. The first-order valence-electron chi connectivity index (χ1n) is 8.68. The standard InChI is InChI=1S/C21H18BrNO4/c22-15-6-7-19-17(12-15)18(9-11-25-19)23-21(24)20-14(8-10-26-20)13-27-16-4-2-1-3-5-16/h1-8,10,12,18H,9,11,13H2,(H,23,24). The van der Waals surface area contributed by atoms with Crippen LogP contribution in [0.4, 0.5) is 0 Å². The Kier molecular flexibility index (Phi) is 5.16. The van der Waals surface area contributed by atoms with Crippen molar-refractivity contribution in [3.8, 4) is 11.5 Å². The molecule has 0 aliphatic carbocycles. The van der Waals surface area contributed by atoms with E-state index < -0.39 is 0 Å². The van der Waals surface area contributed by atoms with E-state index in [0.717, 1.165) is 21.5 Å². The minimum atomic E-state index is -0.260. The zero-order valence-corrected chi connectivity index (χ0v) is 16.1. The molecule has 0 saturated heterocycles. The van der Waals surface area contributed by atoms with Crippen molar-refractivity contribution in [3.05, 3.63) is 82.2 Å². The van der Waals surface area contributed by atoms with E-state index in [9.17, 15) is 4.79 Å². The SMILES string of the molecule is O=C(NC1CCOc2ccc(Br)cc21)c1occc1COc1ccccc1. The lowest BCUT2D eigenvalue weighted by molar-refractivity contribution is 0.0893. The molecule has 1 amide bonds. The van der Waals surface area contributed by atoms with Gasteiger partial charge in [0.2, 0.25) is 0 Å². The highest BCUT2D eigenvalue weighted by molar-refractivity contribution is 9.10. The van der Waals surface area contributed by atoms with Gasteiger partial charge in [-0.3, -0.25) is 4.79 Å². The highest BCUT2D eigenvalue weighted by Crippen LogP contribution is 2.34. The van der Waals surface area contributed by atoms with Crippen LogP contribution in [0.15, 0.2) is 69.8 Å². The Morgan fingerprint density at radius 2 is 2.04 bits per heavy atom. The molecule has 0 bridgehead atoms. The summed E-state index contributed by atoms with van der Waals surface area (Å²) >= 11 is 3.47. The van der Waals surface area contributed by atoms with Crippen LogP contribution in [0.1, 0.15) is 34.1 Å². The zero-order chi connectivity index (χ0) is 18.6. The normalized spacial score (nSPS) is 15.5. The molecule has 1 N–H and O–H groups in total. The lowest BCUT2D eigenvalue weighted by atomic mass is 10.0. The molecule has 0 radical (unpaired) electrons. The van der Waals surface area contributed by atoms with E-state index in [4.69, 9.17) is 13.9 Å². The fourth-order valence-corrected chi connectivity index (χ4v) is 3.44. The van der Waals surface area contributed by atoms with E-state index in [1.165, 1.54) is 6.26 Å². The number of halogens is 1. The molecule has 5 nitrogen and oxygen atoms in total. The smallest absolute Gasteiger partial charge is 0.287 e. The molecule has 138 valence electrons.